The average molecular weight is 218 g/mol. The molecule has 0 aliphatic carbocycles. The van der Waals surface area contributed by atoms with E-state index >= 15 is 0 Å². The zero-order valence-electron chi connectivity index (χ0n) is 9.86. The van der Waals surface area contributed by atoms with Gasteiger partial charge in [-0.25, -0.2) is 0 Å². The fourth-order valence-corrected chi connectivity index (χ4v) is 1.61. The van der Waals surface area contributed by atoms with Gasteiger partial charge in [-0.15, -0.1) is 0 Å². The largest absolute Gasteiger partial charge is 0.494 e. The van der Waals surface area contributed by atoms with Crippen molar-refractivity contribution in [3.05, 3.63) is 29.3 Å². The van der Waals surface area contributed by atoms with Gasteiger partial charge in [0.15, 0.2) is 0 Å². The van der Waals surface area contributed by atoms with Crippen LogP contribution < -0.4 is 10.5 Å². The maximum Gasteiger partial charge on any atom is 0.122 e. The molecule has 3 heteroatoms. The van der Waals surface area contributed by atoms with Gasteiger partial charge in [-0.05, 0) is 37.5 Å². The highest BCUT2D eigenvalue weighted by Crippen LogP contribution is 2.23. The zero-order chi connectivity index (χ0) is 12.0. The lowest BCUT2D eigenvalue weighted by molar-refractivity contribution is 0.337. The summed E-state index contributed by atoms with van der Waals surface area (Å²) in [6.07, 6.45) is 1.19. The van der Waals surface area contributed by atoms with Crippen molar-refractivity contribution in [3.8, 4) is 11.8 Å². The first-order chi connectivity index (χ1) is 7.69. The van der Waals surface area contributed by atoms with Crippen molar-refractivity contribution in [2.24, 2.45) is 5.73 Å². The van der Waals surface area contributed by atoms with Crippen LogP contribution in [0.25, 0.3) is 0 Å². The van der Waals surface area contributed by atoms with Crippen LogP contribution in [-0.2, 0) is 0 Å². The fraction of sp³-hybridized carbons (Fsp3) is 0.462. The van der Waals surface area contributed by atoms with E-state index in [4.69, 9.17) is 15.7 Å². The van der Waals surface area contributed by atoms with Gasteiger partial charge in [0.25, 0.3) is 0 Å². The molecule has 0 fully saturated rings. The normalized spacial score (nSPS) is 11.9. The second-order valence-corrected chi connectivity index (χ2v) is 3.76. The van der Waals surface area contributed by atoms with Gasteiger partial charge in [0, 0.05) is 12.5 Å². The number of ether oxygens (including phenoxy) is 1. The van der Waals surface area contributed by atoms with E-state index < -0.39 is 0 Å². The van der Waals surface area contributed by atoms with Gasteiger partial charge in [0.1, 0.15) is 5.75 Å². The van der Waals surface area contributed by atoms with Gasteiger partial charge >= 0.3 is 0 Å². The van der Waals surface area contributed by atoms with Crippen molar-refractivity contribution < 1.29 is 4.74 Å². The standard InChI is InChI=1S/C13H18N2O/c1-3-16-13-7-6-11(9-10(13)2)12(15)5-4-8-14/h6-7,9,12H,3-5,15H2,1-2H3. The molecule has 0 heterocycles. The molecule has 0 radical (unpaired) electrons. The number of nitrogens with two attached hydrogens (primary N) is 1. The van der Waals surface area contributed by atoms with Crippen molar-refractivity contribution in [2.75, 3.05) is 6.61 Å². The molecule has 0 saturated heterocycles. The van der Waals surface area contributed by atoms with Gasteiger partial charge in [-0.2, -0.15) is 5.26 Å². The molecule has 1 unspecified atom stereocenters. The minimum absolute atomic E-state index is 0.0611. The van der Waals surface area contributed by atoms with E-state index in [0.717, 1.165) is 16.9 Å². The lowest BCUT2D eigenvalue weighted by atomic mass is 10.0. The van der Waals surface area contributed by atoms with Gasteiger partial charge in [0.05, 0.1) is 12.7 Å². The summed E-state index contributed by atoms with van der Waals surface area (Å²) in [6, 6.07) is 8.00. The van der Waals surface area contributed by atoms with Crippen LogP contribution in [-0.4, -0.2) is 6.61 Å². The molecule has 0 spiro atoms. The van der Waals surface area contributed by atoms with E-state index in [1.807, 2.05) is 32.0 Å². The number of hydrogen-bond donors (Lipinski definition) is 1. The molecule has 86 valence electrons. The number of rotatable bonds is 5. The molecule has 0 aliphatic rings. The molecule has 0 aliphatic heterocycles. The van der Waals surface area contributed by atoms with Crippen LogP contribution in [0.3, 0.4) is 0 Å². The van der Waals surface area contributed by atoms with Crippen LogP contribution in [0.1, 0.15) is 36.9 Å². The number of nitriles is 1. The summed E-state index contributed by atoms with van der Waals surface area (Å²) in [5.74, 6) is 0.902. The molecule has 0 aromatic heterocycles. The molecule has 2 N–H and O–H groups in total. The third-order valence-corrected chi connectivity index (χ3v) is 2.49. The topological polar surface area (TPSA) is 59.0 Å². The quantitative estimate of drug-likeness (QED) is 0.826. The molecule has 3 nitrogen and oxygen atoms in total. The van der Waals surface area contributed by atoms with Crippen molar-refractivity contribution in [2.45, 2.75) is 32.7 Å². The highest BCUT2D eigenvalue weighted by Gasteiger charge is 2.07. The first kappa shape index (κ1) is 12.5. The smallest absolute Gasteiger partial charge is 0.122 e. The Hall–Kier alpha value is -1.53. The Morgan fingerprint density at radius 3 is 2.81 bits per heavy atom. The van der Waals surface area contributed by atoms with E-state index in [-0.39, 0.29) is 6.04 Å². The minimum atomic E-state index is -0.0611. The second kappa shape index (κ2) is 6.14. The predicted molar refractivity (Wildman–Crippen MR) is 64.1 cm³/mol. The highest BCUT2D eigenvalue weighted by atomic mass is 16.5. The van der Waals surface area contributed by atoms with Crippen molar-refractivity contribution >= 4 is 0 Å². The third-order valence-electron chi connectivity index (χ3n) is 2.49. The van der Waals surface area contributed by atoms with E-state index in [9.17, 15) is 0 Å². The van der Waals surface area contributed by atoms with Gasteiger partial charge in [-0.1, -0.05) is 12.1 Å². The molecule has 1 atom stereocenters. The Kier molecular flexibility index (Phi) is 4.81. The summed E-state index contributed by atoms with van der Waals surface area (Å²) >= 11 is 0. The molecule has 1 rings (SSSR count). The zero-order valence-corrected chi connectivity index (χ0v) is 9.86. The molecule has 16 heavy (non-hydrogen) atoms. The van der Waals surface area contributed by atoms with E-state index in [0.29, 0.717) is 19.4 Å². The van der Waals surface area contributed by atoms with E-state index in [1.165, 1.54) is 0 Å². The van der Waals surface area contributed by atoms with Crippen LogP contribution in [0, 0.1) is 18.3 Å². The van der Waals surface area contributed by atoms with Gasteiger partial charge in [-0.3, -0.25) is 0 Å². The lowest BCUT2D eigenvalue weighted by Gasteiger charge is -2.13. The number of hydrogen-bond acceptors (Lipinski definition) is 3. The second-order valence-electron chi connectivity index (χ2n) is 3.76. The minimum Gasteiger partial charge on any atom is -0.494 e. The van der Waals surface area contributed by atoms with Crippen LogP contribution >= 0.6 is 0 Å². The fourth-order valence-electron chi connectivity index (χ4n) is 1.61. The Morgan fingerprint density at radius 2 is 2.25 bits per heavy atom. The number of nitrogens with zero attached hydrogens (tertiary/aromatic N) is 1. The first-order valence-electron chi connectivity index (χ1n) is 5.55. The Bertz CT molecular complexity index is 382. The molecular formula is C13H18N2O. The SMILES string of the molecule is CCOc1ccc(C(N)CCC#N)cc1C. The lowest BCUT2D eigenvalue weighted by Crippen LogP contribution is -2.10. The maximum absolute atomic E-state index is 8.51. The van der Waals surface area contributed by atoms with E-state index in [2.05, 4.69) is 6.07 Å². The van der Waals surface area contributed by atoms with Crippen LogP contribution in [0.2, 0.25) is 0 Å². The molecular weight excluding hydrogens is 200 g/mol. The summed E-state index contributed by atoms with van der Waals surface area (Å²) in [7, 11) is 0. The Labute approximate surface area is 96.8 Å². The summed E-state index contributed by atoms with van der Waals surface area (Å²) in [4.78, 5) is 0. The molecule has 0 saturated carbocycles. The van der Waals surface area contributed by atoms with Crippen LogP contribution in [0.5, 0.6) is 5.75 Å². The molecule has 0 bridgehead atoms. The first-order valence-corrected chi connectivity index (χ1v) is 5.55. The van der Waals surface area contributed by atoms with Gasteiger partial charge < -0.3 is 10.5 Å². The predicted octanol–water partition coefficient (Wildman–Crippen LogP) is 2.70. The number of aryl methyl sites for hydroxylation is 1. The molecule has 0 amide bonds. The van der Waals surface area contributed by atoms with Crippen molar-refractivity contribution in [1.29, 1.82) is 5.26 Å². The Morgan fingerprint density at radius 1 is 1.50 bits per heavy atom. The third kappa shape index (κ3) is 3.25. The van der Waals surface area contributed by atoms with Crippen LogP contribution in [0.4, 0.5) is 0 Å². The number of benzene rings is 1. The molecule has 1 aromatic carbocycles. The summed E-state index contributed by atoms with van der Waals surface area (Å²) < 4.78 is 5.46. The van der Waals surface area contributed by atoms with Gasteiger partial charge in [0.2, 0.25) is 0 Å². The van der Waals surface area contributed by atoms with Crippen molar-refractivity contribution in [1.82, 2.24) is 0 Å². The average Bonchev–Trinajstić information content (AvgIpc) is 2.29. The van der Waals surface area contributed by atoms with Crippen molar-refractivity contribution in [3.63, 3.8) is 0 Å². The summed E-state index contributed by atoms with van der Waals surface area (Å²) in [5.41, 5.74) is 8.14. The highest BCUT2D eigenvalue weighted by molar-refractivity contribution is 5.37. The van der Waals surface area contributed by atoms with E-state index in [1.54, 1.807) is 0 Å². The summed E-state index contributed by atoms with van der Waals surface area (Å²) in [6.45, 7) is 4.64. The Balaban J connectivity index is 2.76. The monoisotopic (exact) mass is 218 g/mol. The van der Waals surface area contributed by atoms with Crippen LogP contribution in [0.15, 0.2) is 18.2 Å². The maximum atomic E-state index is 8.51. The summed E-state index contributed by atoms with van der Waals surface area (Å²) in [5, 5.41) is 8.51. The molecule has 1 aromatic rings.